The van der Waals surface area contributed by atoms with Crippen LogP contribution in [0.3, 0.4) is 0 Å². The molecule has 2 aromatic carbocycles. The second-order valence-electron chi connectivity index (χ2n) is 5.55. The summed E-state index contributed by atoms with van der Waals surface area (Å²) in [6.45, 7) is -0.578. The van der Waals surface area contributed by atoms with Gasteiger partial charge in [-0.3, -0.25) is 4.79 Å². The van der Waals surface area contributed by atoms with Crippen molar-refractivity contribution in [2.75, 3.05) is 20.3 Å². The number of rotatable bonds is 8. The number of nitrogens with one attached hydrogen (secondary N) is 1. The lowest BCUT2D eigenvalue weighted by atomic mass is 10.0. The Kier molecular flexibility index (Phi) is 8.35. The Morgan fingerprint density at radius 2 is 1.79 bits per heavy atom. The lowest BCUT2D eigenvalue weighted by Crippen LogP contribution is -2.27. The van der Waals surface area contributed by atoms with E-state index >= 15 is 0 Å². The summed E-state index contributed by atoms with van der Waals surface area (Å²) in [5, 5.41) is 19.1. The average Bonchev–Trinajstić information content (AvgIpc) is 2.64. The molecule has 11 heteroatoms. The van der Waals surface area contributed by atoms with Gasteiger partial charge in [-0.15, -0.1) is 0 Å². The largest absolute Gasteiger partial charge is 0.507 e. The molecular formula is C17H16I3NO6S. The summed E-state index contributed by atoms with van der Waals surface area (Å²) in [4.78, 5) is 12.6. The van der Waals surface area contributed by atoms with Crippen molar-refractivity contribution in [1.29, 1.82) is 0 Å². The molecular weight excluding hydrogens is 727 g/mol. The van der Waals surface area contributed by atoms with Crippen molar-refractivity contribution < 1.29 is 28.2 Å². The summed E-state index contributed by atoms with van der Waals surface area (Å²) >= 11 is 6.79. The molecule has 0 amide bonds. The van der Waals surface area contributed by atoms with Gasteiger partial charge in [0.2, 0.25) is 10.0 Å². The van der Waals surface area contributed by atoms with Crippen LogP contribution in [0.15, 0.2) is 41.3 Å². The normalized spacial score (nSPS) is 12.0. The number of aliphatic hydroxyl groups excluding tert-OH is 1. The number of methoxy groups -OCH3 is 1. The van der Waals surface area contributed by atoms with E-state index in [4.69, 9.17) is 9.84 Å². The van der Waals surface area contributed by atoms with Gasteiger partial charge in [-0.25, -0.2) is 13.1 Å². The zero-order chi connectivity index (χ0) is 21.1. The van der Waals surface area contributed by atoms with Crippen LogP contribution in [0.25, 0.3) is 0 Å². The summed E-state index contributed by atoms with van der Waals surface area (Å²) in [6, 6.07) is 9.03. The molecule has 0 radical (unpaired) electrons. The van der Waals surface area contributed by atoms with Gasteiger partial charge in [-0.2, -0.15) is 0 Å². The second-order valence-corrected chi connectivity index (χ2v) is 18.3. The predicted molar refractivity (Wildman–Crippen MR) is 131 cm³/mol. The quantitative estimate of drug-likeness (QED) is 0.218. The maximum absolute atomic E-state index is 12.9. The maximum atomic E-state index is 12.9. The molecule has 0 bridgehead atoms. The number of hydrogen-bond acceptors (Lipinski definition) is 6. The fraction of sp³-hybridized carbons (Fsp3) is 0.235. The molecule has 2 aromatic rings. The molecule has 0 aliphatic rings. The number of benzene rings is 2. The van der Waals surface area contributed by atoms with Crippen molar-refractivity contribution in [2.24, 2.45) is 0 Å². The molecule has 0 aliphatic heterocycles. The minimum Gasteiger partial charge on any atom is -0.507 e. The van der Waals surface area contributed by atoms with Gasteiger partial charge < -0.3 is 14.9 Å². The minimum atomic E-state index is -4.05. The van der Waals surface area contributed by atoms with Gasteiger partial charge in [0.25, 0.3) is 0 Å². The minimum absolute atomic E-state index is 0.112. The summed E-state index contributed by atoms with van der Waals surface area (Å²) in [6.07, 6.45) is 0. The first-order valence-corrected chi connectivity index (χ1v) is 12.5. The van der Waals surface area contributed by atoms with Crippen molar-refractivity contribution in [1.82, 2.24) is 4.72 Å². The molecule has 28 heavy (non-hydrogen) atoms. The van der Waals surface area contributed by atoms with Crippen LogP contribution in [0, 0.1) is 0 Å². The average molecular weight is 743 g/mol. The van der Waals surface area contributed by atoms with Crippen LogP contribution in [0.2, 0.25) is 0 Å². The Morgan fingerprint density at radius 3 is 2.29 bits per heavy atom. The highest BCUT2D eigenvalue weighted by atomic mass is 127. The Labute approximate surface area is 203 Å². The van der Waals surface area contributed by atoms with Gasteiger partial charge in [0, 0.05) is 18.2 Å². The zero-order valence-corrected chi connectivity index (χ0v) is 21.7. The highest BCUT2D eigenvalue weighted by Crippen LogP contribution is 2.46. The van der Waals surface area contributed by atoms with Crippen molar-refractivity contribution in [3.8, 4) is 11.5 Å². The van der Waals surface area contributed by atoms with Crippen molar-refractivity contribution in [3.05, 3.63) is 53.1 Å². The molecule has 0 unspecified atom stereocenters. The number of aromatic hydroxyl groups is 1. The Hall–Kier alpha value is -0.230. The fourth-order valence-corrected chi connectivity index (χ4v) is 4.60. The number of ether oxygens (including phenoxy) is 1. The molecule has 0 heterocycles. The van der Waals surface area contributed by atoms with Gasteiger partial charge in [-0.05, 0) is 79.4 Å². The molecule has 0 saturated carbocycles. The number of aliphatic hydroxyl groups is 1. The first kappa shape index (κ1) is 24.0. The summed E-state index contributed by atoms with van der Waals surface area (Å²) in [5.41, 5.74) is 1.15. The third-order valence-corrected chi connectivity index (χ3v) is 7.05. The van der Waals surface area contributed by atoms with Crippen LogP contribution in [-0.2, 0) is 9.46 Å². The second kappa shape index (κ2) is 9.72. The summed E-state index contributed by atoms with van der Waals surface area (Å²) < 4.78 is 32.0. The van der Waals surface area contributed by atoms with E-state index in [2.05, 4.69) is 72.5 Å². The molecule has 3 N–H and O–H groups in total. The van der Waals surface area contributed by atoms with Crippen LogP contribution >= 0.6 is 67.8 Å². The van der Waals surface area contributed by atoms with Gasteiger partial charge >= 0.3 is 0 Å². The van der Waals surface area contributed by atoms with E-state index in [1.807, 2.05) is 0 Å². The van der Waals surface area contributed by atoms with Crippen LogP contribution in [0.4, 0.5) is 0 Å². The number of phenols is 1. The number of halogens is 3. The zero-order valence-electron chi connectivity index (χ0n) is 14.4. The Bertz CT molecular complexity index is 972. The van der Waals surface area contributed by atoms with Crippen LogP contribution < -0.4 is 9.46 Å². The molecule has 152 valence electrons. The monoisotopic (exact) mass is 743 g/mol. The van der Waals surface area contributed by atoms with E-state index in [1.54, 1.807) is 24.3 Å². The first-order valence-electron chi connectivity index (χ1n) is 7.74. The number of phenolic OH excluding ortho intramolecular Hbond substituents is 1. The first-order chi connectivity index (χ1) is 13.0. The van der Waals surface area contributed by atoms with Gasteiger partial charge in [0.15, 0.2) is 5.78 Å². The van der Waals surface area contributed by atoms with Crippen LogP contribution in [-0.4, -0.2) is 44.7 Å². The standard InChI is InChI=1S/C17H16I3NO6S/c1-27-14-9-13(23)12(8-15(14)28(25,26)21-6-7-22)16(24)10-2-4-11(5-3-10)17(18,19)20/h2-5,8-9,21-23H,6-7H2,1H3. The topological polar surface area (TPSA) is 113 Å². The highest BCUT2D eigenvalue weighted by molar-refractivity contribution is 14.3. The molecule has 2 rings (SSSR count). The molecule has 0 aromatic heterocycles. The Morgan fingerprint density at radius 1 is 1.18 bits per heavy atom. The van der Waals surface area contributed by atoms with E-state index in [0.717, 1.165) is 17.7 Å². The number of sulfonamides is 1. The van der Waals surface area contributed by atoms with Crippen molar-refractivity contribution in [2.45, 2.75) is 4.33 Å². The van der Waals surface area contributed by atoms with E-state index < -0.39 is 21.6 Å². The number of ketones is 1. The number of hydrogen-bond donors (Lipinski definition) is 3. The maximum Gasteiger partial charge on any atom is 0.244 e. The van der Waals surface area contributed by atoms with Crippen molar-refractivity contribution >= 4 is 83.6 Å². The predicted octanol–water partition coefficient (Wildman–Crippen LogP) is 3.32. The molecule has 0 atom stereocenters. The van der Waals surface area contributed by atoms with E-state index in [9.17, 15) is 18.3 Å². The van der Waals surface area contributed by atoms with Crippen LogP contribution in [0.1, 0.15) is 21.5 Å². The van der Waals surface area contributed by atoms with Crippen molar-refractivity contribution in [3.63, 3.8) is 0 Å². The summed E-state index contributed by atoms with van der Waals surface area (Å²) in [7, 11) is -2.79. The fourth-order valence-electron chi connectivity index (χ4n) is 2.32. The third kappa shape index (κ3) is 5.68. The van der Waals surface area contributed by atoms with E-state index in [1.165, 1.54) is 7.11 Å². The molecule has 0 saturated heterocycles. The van der Waals surface area contributed by atoms with Gasteiger partial charge in [0.1, 0.15) is 15.8 Å². The summed E-state index contributed by atoms with van der Waals surface area (Å²) in [5.74, 6) is -1.02. The lowest BCUT2D eigenvalue weighted by molar-refractivity contribution is 0.103. The highest BCUT2D eigenvalue weighted by Gasteiger charge is 2.25. The van der Waals surface area contributed by atoms with Gasteiger partial charge in [-0.1, -0.05) is 24.3 Å². The van der Waals surface area contributed by atoms with E-state index in [-0.39, 0.29) is 28.8 Å². The third-order valence-electron chi connectivity index (χ3n) is 3.69. The SMILES string of the molecule is COc1cc(O)c(C(=O)c2ccc(C(I)(I)I)cc2)cc1S(=O)(=O)NCCO. The Balaban J connectivity index is 2.50. The van der Waals surface area contributed by atoms with Crippen LogP contribution in [0.5, 0.6) is 11.5 Å². The number of alkyl halides is 3. The molecule has 0 fully saturated rings. The molecule has 0 aliphatic carbocycles. The van der Waals surface area contributed by atoms with Gasteiger partial charge in [0.05, 0.1) is 19.3 Å². The molecule has 0 spiro atoms. The number of carbonyl (C=O) groups excluding carboxylic acids is 1. The smallest absolute Gasteiger partial charge is 0.244 e. The number of carbonyl (C=O) groups is 1. The molecule has 7 nitrogen and oxygen atoms in total. The lowest BCUT2D eigenvalue weighted by Gasteiger charge is -2.14. The van der Waals surface area contributed by atoms with E-state index in [0.29, 0.717) is 5.56 Å².